The van der Waals surface area contributed by atoms with Crippen molar-refractivity contribution in [2.45, 2.75) is 13.0 Å². The summed E-state index contributed by atoms with van der Waals surface area (Å²) in [6, 6.07) is 2.50. The Balaban J connectivity index is 2.97. The van der Waals surface area contributed by atoms with Gasteiger partial charge in [0.25, 0.3) is 0 Å². The number of amides is 1. The van der Waals surface area contributed by atoms with E-state index in [2.05, 4.69) is 10.6 Å². The summed E-state index contributed by atoms with van der Waals surface area (Å²) in [5.41, 5.74) is 0.938. The van der Waals surface area contributed by atoms with Crippen LogP contribution in [0.25, 0.3) is 0 Å². The molecule has 0 spiro atoms. The summed E-state index contributed by atoms with van der Waals surface area (Å²) in [6.45, 7) is 1.12. The van der Waals surface area contributed by atoms with E-state index < -0.39 is 29.4 Å². The third-order valence-electron chi connectivity index (χ3n) is 1.96. The number of rotatable bonds is 4. The van der Waals surface area contributed by atoms with E-state index in [-0.39, 0.29) is 5.56 Å². The fourth-order valence-electron chi connectivity index (χ4n) is 1.12. The van der Waals surface area contributed by atoms with Gasteiger partial charge in [0, 0.05) is 6.07 Å². The maximum Gasteiger partial charge on any atom is 0.483 e. The number of hydrazine groups is 1. The quantitative estimate of drug-likeness (QED) is 0.367. The Kier molecular flexibility index (Phi) is 3.92. The average molecular weight is 262 g/mol. The summed E-state index contributed by atoms with van der Waals surface area (Å²) in [6.07, 6.45) is -4.24. The second kappa shape index (κ2) is 5.05. The van der Waals surface area contributed by atoms with E-state index in [1.807, 2.05) is 0 Å². The molecule has 0 bridgehead atoms. The monoisotopic (exact) mass is 262 g/mol. The molecule has 1 amide bonds. The molecule has 0 aliphatic carbocycles. The largest absolute Gasteiger partial charge is 0.483 e. The lowest BCUT2D eigenvalue weighted by Gasteiger charge is -2.15. The predicted octanol–water partition coefficient (Wildman–Crippen LogP) is 0.990. The second-order valence-electron chi connectivity index (χ2n) is 3.29. The van der Waals surface area contributed by atoms with Gasteiger partial charge in [-0.15, -0.1) is 0 Å². The first-order chi connectivity index (χ1) is 8.27. The third-order valence-corrected chi connectivity index (χ3v) is 1.96. The number of nitrogens with one attached hydrogen (secondary N) is 1. The highest BCUT2D eigenvalue weighted by atomic mass is 19.3. The second-order valence-corrected chi connectivity index (χ2v) is 3.29. The molecule has 0 fully saturated rings. The van der Waals surface area contributed by atoms with Crippen LogP contribution in [0.5, 0.6) is 5.75 Å². The molecule has 0 aliphatic rings. The van der Waals surface area contributed by atoms with Gasteiger partial charge in [0.05, 0.1) is 5.56 Å². The fraction of sp³-hybridized carbons (Fsp3) is 0.200. The molecule has 1 aromatic carbocycles. The van der Waals surface area contributed by atoms with Crippen molar-refractivity contribution in [1.82, 2.24) is 5.43 Å². The number of ether oxygens (including phenoxy) is 1. The van der Waals surface area contributed by atoms with Gasteiger partial charge in [-0.1, -0.05) is 0 Å². The standard InChI is InChI=1S/C10H9F3N2O3/c1-5(16)7-3-2-6(4-8(7)11)18-10(12,13)9(17)15-14/h2-4H,14H2,1H3,(H,15,17). The number of carbonyl (C=O) groups is 2. The highest BCUT2D eigenvalue weighted by molar-refractivity contribution is 5.94. The minimum atomic E-state index is -4.24. The molecule has 8 heteroatoms. The first-order valence-electron chi connectivity index (χ1n) is 4.66. The van der Waals surface area contributed by atoms with Gasteiger partial charge in [0.2, 0.25) is 0 Å². The maximum atomic E-state index is 13.3. The van der Waals surface area contributed by atoms with Gasteiger partial charge in [-0.2, -0.15) is 8.78 Å². The molecule has 1 aromatic rings. The smallest absolute Gasteiger partial charge is 0.425 e. The van der Waals surface area contributed by atoms with Gasteiger partial charge in [0.1, 0.15) is 11.6 Å². The number of hydrogen-bond donors (Lipinski definition) is 2. The molecule has 98 valence electrons. The van der Waals surface area contributed by atoms with E-state index in [4.69, 9.17) is 0 Å². The lowest BCUT2D eigenvalue weighted by Crippen LogP contribution is -2.47. The predicted molar refractivity (Wildman–Crippen MR) is 54.3 cm³/mol. The molecule has 0 aromatic heterocycles. The lowest BCUT2D eigenvalue weighted by atomic mass is 10.1. The Morgan fingerprint density at radius 1 is 1.39 bits per heavy atom. The number of carbonyl (C=O) groups excluding carboxylic acids is 2. The van der Waals surface area contributed by atoms with Crippen LogP contribution in [0.1, 0.15) is 17.3 Å². The van der Waals surface area contributed by atoms with Crippen molar-refractivity contribution in [1.29, 1.82) is 0 Å². The summed E-state index contributed by atoms with van der Waals surface area (Å²) in [4.78, 5) is 21.5. The molecule has 0 heterocycles. The normalized spacial score (nSPS) is 10.9. The summed E-state index contributed by atoms with van der Waals surface area (Å²) in [5.74, 6) is 0.457. The van der Waals surface area contributed by atoms with Crippen molar-refractivity contribution in [2.24, 2.45) is 5.84 Å². The van der Waals surface area contributed by atoms with E-state index in [1.165, 1.54) is 5.43 Å². The number of hydrogen-bond acceptors (Lipinski definition) is 4. The molecule has 5 nitrogen and oxygen atoms in total. The molecular formula is C10H9F3N2O3. The SMILES string of the molecule is CC(=O)c1ccc(OC(F)(F)C(=O)NN)cc1F. The van der Waals surface area contributed by atoms with Crippen molar-refractivity contribution >= 4 is 11.7 Å². The van der Waals surface area contributed by atoms with E-state index >= 15 is 0 Å². The number of ketones is 1. The highest BCUT2D eigenvalue weighted by Crippen LogP contribution is 2.24. The third kappa shape index (κ3) is 2.98. The van der Waals surface area contributed by atoms with Crippen LogP contribution in [0.4, 0.5) is 13.2 Å². The Morgan fingerprint density at radius 2 is 2.00 bits per heavy atom. The number of halogens is 3. The van der Waals surface area contributed by atoms with Crippen LogP contribution in [0.3, 0.4) is 0 Å². The molecule has 0 unspecified atom stereocenters. The maximum absolute atomic E-state index is 13.3. The van der Waals surface area contributed by atoms with E-state index in [9.17, 15) is 22.8 Å². The first-order valence-corrected chi connectivity index (χ1v) is 4.66. The van der Waals surface area contributed by atoms with Crippen LogP contribution < -0.4 is 16.0 Å². The number of Topliss-reactive ketones (excluding diaryl/α,β-unsaturated/α-hetero) is 1. The minimum absolute atomic E-state index is 0.269. The Labute approximate surface area is 99.7 Å². The van der Waals surface area contributed by atoms with Crippen LogP contribution in [-0.2, 0) is 4.79 Å². The topological polar surface area (TPSA) is 81.4 Å². The van der Waals surface area contributed by atoms with Crippen molar-refractivity contribution < 1.29 is 27.5 Å². The van der Waals surface area contributed by atoms with Gasteiger partial charge in [-0.05, 0) is 19.1 Å². The van der Waals surface area contributed by atoms with E-state index in [1.54, 1.807) is 0 Å². The molecule has 1 rings (SSSR count). The molecule has 0 aliphatic heterocycles. The van der Waals surface area contributed by atoms with Crippen LogP contribution >= 0.6 is 0 Å². The summed E-state index contributed by atoms with van der Waals surface area (Å²) < 4.78 is 43.3. The zero-order valence-electron chi connectivity index (χ0n) is 9.17. The average Bonchev–Trinajstić information content (AvgIpc) is 2.26. The summed E-state index contributed by atoms with van der Waals surface area (Å²) in [7, 11) is 0. The van der Waals surface area contributed by atoms with Crippen molar-refractivity contribution in [2.75, 3.05) is 0 Å². The highest BCUT2D eigenvalue weighted by Gasteiger charge is 2.41. The van der Waals surface area contributed by atoms with Crippen LogP contribution in [0.2, 0.25) is 0 Å². The first kappa shape index (κ1) is 14.0. The van der Waals surface area contributed by atoms with Crippen molar-refractivity contribution in [3.05, 3.63) is 29.6 Å². The van der Waals surface area contributed by atoms with Crippen LogP contribution in [0, 0.1) is 5.82 Å². The molecule has 0 saturated heterocycles. The molecule has 0 saturated carbocycles. The molecule has 0 radical (unpaired) electrons. The lowest BCUT2D eigenvalue weighted by molar-refractivity contribution is -0.192. The number of nitrogens with two attached hydrogens (primary N) is 1. The number of benzene rings is 1. The molecule has 18 heavy (non-hydrogen) atoms. The number of alkyl halides is 2. The van der Waals surface area contributed by atoms with Gasteiger partial charge in [-0.25, -0.2) is 10.2 Å². The van der Waals surface area contributed by atoms with E-state index in [0.29, 0.717) is 6.07 Å². The fourth-order valence-corrected chi connectivity index (χ4v) is 1.12. The van der Waals surface area contributed by atoms with Crippen molar-refractivity contribution in [3.63, 3.8) is 0 Å². The Bertz CT molecular complexity index is 491. The molecule has 0 atom stereocenters. The Hall–Kier alpha value is -2.09. The van der Waals surface area contributed by atoms with Gasteiger partial charge in [-0.3, -0.25) is 15.0 Å². The van der Waals surface area contributed by atoms with E-state index in [0.717, 1.165) is 19.1 Å². The van der Waals surface area contributed by atoms with Gasteiger partial charge < -0.3 is 4.74 Å². The van der Waals surface area contributed by atoms with Crippen molar-refractivity contribution in [3.8, 4) is 5.75 Å². The van der Waals surface area contributed by atoms with Gasteiger partial charge in [0.15, 0.2) is 5.78 Å². The summed E-state index contributed by atoms with van der Waals surface area (Å²) >= 11 is 0. The zero-order chi connectivity index (χ0) is 13.9. The van der Waals surface area contributed by atoms with Crippen LogP contribution in [0.15, 0.2) is 18.2 Å². The minimum Gasteiger partial charge on any atom is -0.425 e. The zero-order valence-corrected chi connectivity index (χ0v) is 9.17. The van der Waals surface area contributed by atoms with Crippen LogP contribution in [-0.4, -0.2) is 17.8 Å². The molecule has 3 N–H and O–H groups in total. The molecular weight excluding hydrogens is 253 g/mol. The Morgan fingerprint density at radius 3 is 2.44 bits per heavy atom. The summed E-state index contributed by atoms with van der Waals surface area (Å²) in [5, 5.41) is 0. The van der Waals surface area contributed by atoms with Gasteiger partial charge >= 0.3 is 12.0 Å².